The van der Waals surface area contributed by atoms with Gasteiger partial charge in [0.15, 0.2) is 0 Å². The van der Waals surface area contributed by atoms with Gasteiger partial charge < -0.3 is 10.6 Å². The van der Waals surface area contributed by atoms with Crippen LogP contribution in [0.25, 0.3) is 0 Å². The van der Waals surface area contributed by atoms with Crippen LogP contribution in [-0.2, 0) is 6.54 Å². The Kier molecular flexibility index (Phi) is 5.34. The third-order valence-electron chi connectivity index (χ3n) is 3.80. The number of benzene rings is 1. The van der Waals surface area contributed by atoms with Crippen LogP contribution >= 0.6 is 0 Å². The number of rotatable bonds is 5. The number of hydrogen-bond acceptors (Lipinski definition) is 4. The second-order valence-electron chi connectivity index (χ2n) is 5.70. The molecule has 0 aliphatic rings. The first kappa shape index (κ1) is 17.3. The fourth-order valence-electron chi connectivity index (χ4n) is 2.37. The monoisotopic (exact) mass is 346 g/mol. The zero-order chi connectivity index (χ0) is 18.4. The number of para-hydroxylation sites is 1. The van der Waals surface area contributed by atoms with E-state index in [9.17, 15) is 9.59 Å². The molecule has 6 heteroatoms. The maximum atomic E-state index is 12.4. The zero-order valence-corrected chi connectivity index (χ0v) is 14.3. The summed E-state index contributed by atoms with van der Waals surface area (Å²) in [7, 11) is 0. The van der Waals surface area contributed by atoms with E-state index in [0.29, 0.717) is 17.8 Å². The Morgan fingerprint density at radius 1 is 0.923 bits per heavy atom. The smallest absolute Gasteiger partial charge is 0.274 e. The molecule has 3 aromatic rings. The SMILES string of the molecule is Cc1ccccc1NC(=O)c1cc(C(=O)NCc2ccccn2)ccn1. The minimum atomic E-state index is -0.362. The molecule has 1 aromatic carbocycles. The first-order valence-electron chi connectivity index (χ1n) is 8.14. The van der Waals surface area contributed by atoms with Gasteiger partial charge in [-0.3, -0.25) is 19.6 Å². The van der Waals surface area contributed by atoms with Crippen molar-refractivity contribution in [2.45, 2.75) is 13.5 Å². The molecule has 2 amide bonds. The summed E-state index contributed by atoms with van der Waals surface area (Å²) in [6.07, 6.45) is 3.12. The van der Waals surface area contributed by atoms with Gasteiger partial charge in [-0.1, -0.05) is 24.3 Å². The standard InChI is InChI=1S/C20H18N4O2/c1-14-6-2-3-8-17(14)24-20(26)18-12-15(9-11-22-18)19(25)23-13-16-7-4-5-10-21-16/h2-12H,13H2,1H3,(H,23,25)(H,24,26). The van der Waals surface area contributed by atoms with E-state index < -0.39 is 0 Å². The molecule has 0 radical (unpaired) electrons. The molecule has 0 bridgehead atoms. The number of anilines is 1. The number of carbonyl (C=O) groups excluding carboxylic acids is 2. The second-order valence-corrected chi connectivity index (χ2v) is 5.70. The van der Waals surface area contributed by atoms with Crippen LogP contribution in [0, 0.1) is 6.92 Å². The van der Waals surface area contributed by atoms with Crippen LogP contribution in [0.3, 0.4) is 0 Å². The van der Waals surface area contributed by atoms with Crippen molar-refractivity contribution >= 4 is 17.5 Å². The minimum Gasteiger partial charge on any atom is -0.346 e. The van der Waals surface area contributed by atoms with Gasteiger partial charge in [0, 0.05) is 23.6 Å². The van der Waals surface area contributed by atoms with Crippen molar-refractivity contribution in [1.29, 1.82) is 0 Å². The van der Waals surface area contributed by atoms with E-state index in [0.717, 1.165) is 11.3 Å². The van der Waals surface area contributed by atoms with Gasteiger partial charge in [-0.2, -0.15) is 0 Å². The third kappa shape index (κ3) is 4.30. The minimum absolute atomic E-state index is 0.179. The molecule has 2 N–H and O–H groups in total. The van der Waals surface area contributed by atoms with Crippen molar-refractivity contribution in [2.75, 3.05) is 5.32 Å². The molecule has 6 nitrogen and oxygen atoms in total. The van der Waals surface area contributed by atoms with E-state index >= 15 is 0 Å². The summed E-state index contributed by atoms with van der Waals surface area (Å²) in [5, 5.41) is 5.59. The van der Waals surface area contributed by atoms with Crippen LogP contribution < -0.4 is 10.6 Å². The number of pyridine rings is 2. The summed E-state index contributed by atoms with van der Waals surface area (Å²) in [5.41, 5.74) is 2.96. The molecule has 0 fully saturated rings. The molecule has 0 saturated heterocycles. The molecule has 0 spiro atoms. The predicted octanol–water partition coefficient (Wildman–Crippen LogP) is 2.97. The van der Waals surface area contributed by atoms with Crippen molar-refractivity contribution in [3.8, 4) is 0 Å². The van der Waals surface area contributed by atoms with Crippen LogP contribution in [-0.4, -0.2) is 21.8 Å². The van der Waals surface area contributed by atoms with E-state index in [1.54, 1.807) is 12.3 Å². The van der Waals surface area contributed by atoms with E-state index in [-0.39, 0.29) is 17.5 Å². The molecule has 2 aromatic heterocycles. The number of carbonyl (C=O) groups is 2. The highest BCUT2D eigenvalue weighted by atomic mass is 16.2. The number of nitrogens with zero attached hydrogens (tertiary/aromatic N) is 2. The summed E-state index contributed by atoms with van der Waals surface area (Å²) in [5.74, 6) is -0.651. The molecule has 2 heterocycles. The summed E-state index contributed by atoms with van der Waals surface area (Å²) in [6.45, 7) is 2.22. The Balaban J connectivity index is 1.68. The van der Waals surface area contributed by atoms with Crippen molar-refractivity contribution in [1.82, 2.24) is 15.3 Å². The Hall–Kier alpha value is -3.54. The van der Waals surface area contributed by atoms with E-state index in [4.69, 9.17) is 0 Å². The van der Waals surface area contributed by atoms with Crippen molar-refractivity contribution in [3.63, 3.8) is 0 Å². The number of hydrogen-bond donors (Lipinski definition) is 2. The maximum Gasteiger partial charge on any atom is 0.274 e. The van der Waals surface area contributed by atoms with Crippen LogP contribution in [0.1, 0.15) is 32.1 Å². The quantitative estimate of drug-likeness (QED) is 0.744. The Morgan fingerprint density at radius 3 is 2.50 bits per heavy atom. The van der Waals surface area contributed by atoms with E-state index in [1.807, 2.05) is 49.4 Å². The van der Waals surface area contributed by atoms with Gasteiger partial charge >= 0.3 is 0 Å². The van der Waals surface area contributed by atoms with Crippen LogP contribution in [0.4, 0.5) is 5.69 Å². The lowest BCUT2D eigenvalue weighted by Crippen LogP contribution is -2.24. The normalized spacial score (nSPS) is 10.2. The first-order chi connectivity index (χ1) is 12.6. The Bertz CT molecular complexity index is 926. The largest absolute Gasteiger partial charge is 0.346 e. The lowest BCUT2D eigenvalue weighted by Gasteiger charge is -2.09. The zero-order valence-electron chi connectivity index (χ0n) is 14.3. The van der Waals surface area contributed by atoms with Gasteiger partial charge in [-0.25, -0.2) is 0 Å². The van der Waals surface area contributed by atoms with Crippen molar-refractivity contribution in [3.05, 3.63) is 89.5 Å². The van der Waals surface area contributed by atoms with Gasteiger partial charge in [-0.05, 0) is 42.8 Å². The van der Waals surface area contributed by atoms with E-state index in [1.165, 1.54) is 12.3 Å². The number of aryl methyl sites for hydroxylation is 1. The van der Waals surface area contributed by atoms with Gasteiger partial charge in [0.2, 0.25) is 0 Å². The predicted molar refractivity (Wildman–Crippen MR) is 98.8 cm³/mol. The topological polar surface area (TPSA) is 84.0 Å². The number of nitrogens with one attached hydrogen (secondary N) is 2. The maximum absolute atomic E-state index is 12.4. The number of aromatic nitrogens is 2. The molecular formula is C20H18N4O2. The second kappa shape index (κ2) is 8.02. The lowest BCUT2D eigenvalue weighted by molar-refractivity contribution is 0.0950. The molecule has 0 atom stereocenters. The highest BCUT2D eigenvalue weighted by Crippen LogP contribution is 2.14. The fraction of sp³-hybridized carbons (Fsp3) is 0.100. The summed E-state index contributed by atoms with van der Waals surface area (Å²) >= 11 is 0. The van der Waals surface area contributed by atoms with Crippen LogP contribution in [0.15, 0.2) is 67.0 Å². The summed E-state index contributed by atoms with van der Waals surface area (Å²) in [4.78, 5) is 32.9. The summed E-state index contributed by atoms with van der Waals surface area (Å²) in [6, 6.07) is 16.0. The van der Waals surface area contributed by atoms with Crippen LogP contribution in [0.5, 0.6) is 0 Å². The van der Waals surface area contributed by atoms with Gasteiger partial charge in [0.05, 0.1) is 12.2 Å². The average Bonchev–Trinajstić information content (AvgIpc) is 2.69. The molecule has 0 aliphatic heterocycles. The highest BCUT2D eigenvalue weighted by molar-refractivity contribution is 6.05. The third-order valence-corrected chi connectivity index (χ3v) is 3.80. The highest BCUT2D eigenvalue weighted by Gasteiger charge is 2.13. The fourth-order valence-corrected chi connectivity index (χ4v) is 2.37. The van der Waals surface area contributed by atoms with Crippen LogP contribution in [0.2, 0.25) is 0 Å². The van der Waals surface area contributed by atoms with E-state index in [2.05, 4.69) is 20.6 Å². The lowest BCUT2D eigenvalue weighted by atomic mass is 10.2. The molecule has 26 heavy (non-hydrogen) atoms. The van der Waals surface area contributed by atoms with Crippen molar-refractivity contribution < 1.29 is 9.59 Å². The Morgan fingerprint density at radius 2 is 1.73 bits per heavy atom. The molecule has 3 rings (SSSR count). The van der Waals surface area contributed by atoms with Gasteiger partial charge in [0.25, 0.3) is 11.8 Å². The summed E-state index contributed by atoms with van der Waals surface area (Å²) < 4.78 is 0. The average molecular weight is 346 g/mol. The van der Waals surface area contributed by atoms with Gasteiger partial charge in [-0.15, -0.1) is 0 Å². The molecule has 130 valence electrons. The van der Waals surface area contributed by atoms with Crippen molar-refractivity contribution in [2.24, 2.45) is 0 Å². The molecular weight excluding hydrogens is 328 g/mol. The molecule has 0 saturated carbocycles. The molecule has 0 aliphatic carbocycles. The first-order valence-corrected chi connectivity index (χ1v) is 8.14. The van der Waals surface area contributed by atoms with Gasteiger partial charge in [0.1, 0.15) is 5.69 Å². The molecule has 0 unspecified atom stereocenters. The Labute approximate surface area is 151 Å². The number of amides is 2.